The molecule has 0 bridgehead atoms. The molecular weight excluding hydrogens is 899 g/mol. The minimum atomic E-state index is -0.570. The molecule has 370 valence electrons. The lowest BCUT2D eigenvalue weighted by Crippen LogP contribution is -2.23. The molecule has 1 aromatic heterocycles. The van der Waals surface area contributed by atoms with Gasteiger partial charge in [0.2, 0.25) is 0 Å². The minimum absolute atomic E-state index is 0.125. The second-order valence-corrected chi connectivity index (χ2v) is 16.0. The summed E-state index contributed by atoms with van der Waals surface area (Å²) in [7, 11) is 8.33. The van der Waals surface area contributed by atoms with Gasteiger partial charge < -0.3 is 43.0 Å². The summed E-state index contributed by atoms with van der Waals surface area (Å²) in [6.07, 6.45) is 7.76. The molecule has 18 heteroatoms. The average Bonchev–Trinajstić information content (AvgIpc) is 3.81. The van der Waals surface area contributed by atoms with Gasteiger partial charge in [-0.25, -0.2) is 9.59 Å². The van der Waals surface area contributed by atoms with E-state index in [1.165, 1.54) is 53.8 Å². The van der Waals surface area contributed by atoms with Crippen molar-refractivity contribution in [2.45, 2.75) is 74.1 Å². The Hall–Kier alpha value is -8.07. The first-order valence-corrected chi connectivity index (χ1v) is 21.9. The van der Waals surface area contributed by atoms with Gasteiger partial charge in [0.25, 0.3) is 0 Å². The van der Waals surface area contributed by atoms with Crippen LogP contribution in [0.3, 0.4) is 0 Å². The van der Waals surface area contributed by atoms with Crippen LogP contribution in [0.4, 0.5) is 0 Å². The summed E-state index contributed by atoms with van der Waals surface area (Å²) < 4.78 is 15.1. The van der Waals surface area contributed by atoms with Gasteiger partial charge in [0, 0.05) is 28.3 Å². The van der Waals surface area contributed by atoms with Crippen molar-refractivity contribution < 1.29 is 52.6 Å². The van der Waals surface area contributed by atoms with E-state index in [0.29, 0.717) is 59.9 Å². The molecule has 0 N–H and O–H groups in total. The summed E-state index contributed by atoms with van der Waals surface area (Å²) in [6.45, 7) is 13.9. The number of ether oxygens (including phenoxy) is 2. The highest BCUT2D eigenvalue weighted by atomic mass is 16.6. The van der Waals surface area contributed by atoms with Crippen LogP contribution in [0.15, 0.2) is 135 Å². The number of carbonyl (C=O) groups is 2. The summed E-state index contributed by atoms with van der Waals surface area (Å²) in [4.78, 5) is 55.9. The molecule has 0 saturated carbocycles. The highest BCUT2D eigenvalue weighted by molar-refractivity contribution is 6.48. The summed E-state index contributed by atoms with van der Waals surface area (Å²) in [6, 6.07) is 16.8. The van der Waals surface area contributed by atoms with Crippen LogP contribution in [0.2, 0.25) is 0 Å². The zero-order chi connectivity index (χ0) is 51.3. The molecule has 2 aliphatic carbocycles. The van der Waals surface area contributed by atoms with Crippen molar-refractivity contribution in [3.8, 4) is 23.7 Å². The second kappa shape index (κ2) is 27.1. The predicted octanol–water partition coefficient (Wildman–Crippen LogP) is 9.01. The first-order valence-electron chi connectivity index (χ1n) is 21.9. The number of carbonyl (C=O) groups excluding carboxylic acids is 2. The number of esters is 2. The van der Waals surface area contributed by atoms with Gasteiger partial charge in [0.05, 0.1) is 19.9 Å². The normalized spacial score (nSPS) is 15.2. The van der Waals surface area contributed by atoms with Crippen molar-refractivity contribution in [3.05, 3.63) is 122 Å². The standard InChI is InChI=1S/C27H32N4O6.C25H29N3O5/c1-16-12-22(23(13-17(16)2)26(31-35-7)27(32)33-5)15-36-29-19(4)25(30-34-6)21-10-8-20(9-11-21)24-14-18(3)28-37-24;1-8-19-9-11-20(12-10-19)23(27-31-6)18(4)26-33-15-21-13-16(2)17(3)14-22(21)24(28-32-7)25(29)30-5/h8-11,14H,12-13,15H2,1-7H3;1,9-12H,13-15H2,2-7H3/b29-19+,30-25-,31-26+;26-18+,27-23-,28-24+. The van der Waals surface area contributed by atoms with Gasteiger partial charge in [-0.2, -0.15) is 0 Å². The number of aryl methyl sites for hydroxylation is 1. The highest BCUT2D eigenvalue weighted by Gasteiger charge is 2.28. The fourth-order valence-electron chi connectivity index (χ4n) is 7.18. The van der Waals surface area contributed by atoms with Gasteiger partial charge in [0.1, 0.15) is 64.5 Å². The number of benzene rings is 2. The zero-order valence-electron chi connectivity index (χ0n) is 42.1. The minimum Gasteiger partial charge on any atom is -0.464 e. The third-order valence-electron chi connectivity index (χ3n) is 11.2. The Morgan fingerprint density at radius 1 is 0.571 bits per heavy atom. The third kappa shape index (κ3) is 14.7. The van der Waals surface area contributed by atoms with Crippen molar-refractivity contribution in [2.75, 3.05) is 55.9 Å². The fraction of sp³-hybridized carbons (Fsp3) is 0.365. The molecule has 0 spiro atoms. The maximum absolute atomic E-state index is 12.4. The number of hydrogen-bond donors (Lipinski definition) is 0. The van der Waals surface area contributed by atoms with Crippen molar-refractivity contribution in [1.29, 1.82) is 0 Å². The summed E-state index contributed by atoms with van der Waals surface area (Å²) in [5, 5.41) is 28.5. The van der Waals surface area contributed by atoms with E-state index in [1.54, 1.807) is 13.8 Å². The molecular formula is C52H61N7O11. The van der Waals surface area contributed by atoms with Crippen molar-refractivity contribution >= 4 is 46.2 Å². The molecule has 5 rings (SSSR count). The van der Waals surface area contributed by atoms with Gasteiger partial charge in [-0.3, -0.25) is 0 Å². The highest BCUT2D eigenvalue weighted by Crippen LogP contribution is 2.33. The number of oxime groups is 6. The number of methoxy groups -OCH3 is 2. The Labute approximate surface area is 409 Å². The topological polar surface area (TPSA) is 208 Å². The van der Waals surface area contributed by atoms with Crippen LogP contribution in [-0.2, 0) is 48.1 Å². The maximum atomic E-state index is 12.4. The molecule has 2 aliphatic rings. The van der Waals surface area contributed by atoms with E-state index in [4.69, 9.17) is 49.4 Å². The van der Waals surface area contributed by atoms with Gasteiger partial charge in [-0.1, -0.05) is 101 Å². The maximum Gasteiger partial charge on any atom is 0.360 e. The lowest BCUT2D eigenvalue weighted by molar-refractivity contribution is -0.133. The quantitative estimate of drug-likeness (QED) is 0.0363. The first-order chi connectivity index (χ1) is 33.6. The van der Waals surface area contributed by atoms with Gasteiger partial charge in [-0.05, 0) is 109 Å². The Morgan fingerprint density at radius 2 is 0.957 bits per heavy atom. The number of rotatable bonds is 19. The molecule has 1 heterocycles. The van der Waals surface area contributed by atoms with Crippen molar-refractivity contribution in [2.24, 2.45) is 30.9 Å². The van der Waals surface area contributed by atoms with Crippen LogP contribution in [0.1, 0.15) is 89.6 Å². The van der Waals surface area contributed by atoms with E-state index < -0.39 is 11.9 Å². The number of nitrogens with zero attached hydrogens (tertiary/aromatic N) is 7. The second-order valence-electron chi connectivity index (χ2n) is 16.0. The van der Waals surface area contributed by atoms with E-state index >= 15 is 0 Å². The van der Waals surface area contributed by atoms with E-state index in [0.717, 1.165) is 55.8 Å². The Bertz CT molecular complexity index is 2720. The molecule has 0 unspecified atom stereocenters. The average molecular weight is 960 g/mol. The van der Waals surface area contributed by atoms with Crippen LogP contribution in [0, 0.1) is 19.3 Å². The molecule has 0 saturated heterocycles. The van der Waals surface area contributed by atoms with Crippen molar-refractivity contribution in [1.82, 2.24) is 5.16 Å². The lowest BCUT2D eigenvalue weighted by Gasteiger charge is -2.22. The van der Waals surface area contributed by atoms with Crippen LogP contribution < -0.4 is 0 Å². The Balaban J connectivity index is 0.000000307. The van der Waals surface area contributed by atoms with Crippen molar-refractivity contribution in [3.63, 3.8) is 0 Å². The van der Waals surface area contributed by atoms with Gasteiger partial charge in [-0.15, -0.1) is 6.42 Å². The molecule has 0 radical (unpaired) electrons. The zero-order valence-corrected chi connectivity index (χ0v) is 42.1. The van der Waals surface area contributed by atoms with Gasteiger partial charge >= 0.3 is 11.9 Å². The number of allylic oxidation sites excluding steroid dienone is 4. The third-order valence-corrected chi connectivity index (χ3v) is 11.2. The molecule has 70 heavy (non-hydrogen) atoms. The lowest BCUT2D eigenvalue weighted by atomic mass is 9.85. The number of terminal acetylenes is 1. The first kappa shape index (κ1) is 54.5. The van der Waals surface area contributed by atoms with E-state index in [9.17, 15) is 9.59 Å². The van der Waals surface area contributed by atoms with Crippen LogP contribution in [0.5, 0.6) is 0 Å². The smallest absolute Gasteiger partial charge is 0.360 e. The van der Waals surface area contributed by atoms with E-state index in [1.807, 2.05) is 75.4 Å². The molecule has 0 aliphatic heterocycles. The Morgan fingerprint density at radius 3 is 1.31 bits per heavy atom. The number of hydrogen-bond acceptors (Lipinski definition) is 18. The van der Waals surface area contributed by atoms with Crippen LogP contribution >= 0.6 is 0 Å². The monoisotopic (exact) mass is 959 g/mol. The SMILES string of the molecule is C#Cc1ccc(C(=N\OC)/C(C)=N/OCC2=C(/C(=N\OC)C(=O)OC)CC(C)=C(C)C2)cc1.CO/N=C(/C(=O)OC)C1=C(CO/N=C(C)/C(=N/OC)c2ccc(-c3cc(C)no3)cc2)CC(C)=C(C)C1. The summed E-state index contributed by atoms with van der Waals surface area (Å²) >= 11 is 0. The summed E-state index contributed by atoms with van der Waals surface area (Å²) in [5.41, 5.74) is 14.3. The Kier molecular flexibility index (Phi) is 21.1. The molecule has 18 nitrogen and oxygen atoms in total. The molecule has 3 aromatic rings. The predicted molar refractivity (Wildman–Crippen MR) is 268 cm³/mol. The molecule has 0 atom stereocenters. The van der Waals surface area contributed by atoms with Gasteiger partial charge in [0.15, 0.2) is 17.2 Å². The molecule has 2 aromatic carbocycles. The van der Waals surface area contributed by atoms with Crippen LogP contribution in [-0.4, -0.2) is 107 Å². The number of aromatic nitrogens is 1. The summed E-state index contributed by atoms with van der Waals surface area (Å²) in [5.74, 6) is 2.12. The van der Waals surface area contributed by atoms with Crippen LogP contribution in [0.25, 0.3) is 11.3 Å². The molecule has 0 fully saturated rings. The molecule has 0 amide bonds. The largest absolute Gasteiger partial charge is 0.464 e. The van der Waals surface area contributed by atoms with E-state index in [-0.39, 0.29) is 24.6 Å². The fourth-order valence-corrected chi connectivity index (χ4v) is 7.18. The van der Waals surface area contributed by atoms with E-state index in [2.05, 4.69) is 55.9 Å².